The Bertz CT molecular complexity index is 777. The van der Waals surface area contributed by atoms with Crippen LogP contribution in [0, 0.1) is 17.0 Å². The summed E-state index contributed by atoms with van der Waals surface area (Å²) in [5, 5.41) is 11.4. The maximum Gasteiger partial charge on any atom is 0.349 e. The molecule has 7 nitrogen and oxygen atoms in total. The third-order valence-corrected chi connectivity index (χ3v) is 3.30. The molecule has 0 heterocycles. The van der Waals surface area contributed by atoms with Crippen LogP contribution in [-0.4, -0.2) is 24.6 Å². The lowest BCUT2D eigenvalue weighted by Crippen LogP contribution is -2.18. The molecule has 0 amide bonds. The SMILES string of the molecule is COc1ccc([N+](=O)[O-])cc1OC(=O)COc1ccc(Cl)cc1C. The van der Waals surface area contributed by atoms with Crippen LogP contribution < -0.4 is 14.2 Å². The molecule has 8 heteroatoms. The Morgan fingerprint density at radius 3 is 2.50 bits per heavy atom. The van der Waals surface area contributed by atoms with Gasteiger partial charge in [0.05, 0.1) is 18.1 Å². The number of benzene rings is 2. The molecule has 0 aliphatic rings. The summed E-state index contributed by atoms with van der Waals surface area (Å²) in [6.45, 7) is 1.42. The van der Waals surface area contributed by atoms with E-state index in [0.717, 1.165) is 11.6 Å². The van der Waals surface area contributed by atoms with Gasteiger partial charge in [-0.15, -0.1) is 0 Å². The van der Waals surface area contributed by atoms with E-state index in [1.807, 2.05) is 0 Å². The van der Waals surface area contributed by atoms with Crippen molar-refractivity contribution in [3.05, 3.63) is 57.1 Å². The Balaban J connectivity index is 2.06. The number of hydrogen-bond donors (Lipinski definition) is 0. The molecule has 0 aliphatic carbocycles. The van der Waals surface area contributed by atoms with Crippen molar-refractivity contribution in [2.45, 2.75) is 6.92 Å². The first-order valence-electron chi connectivity index (χ1n) is 6.82. The minimum absolute atomic E-state index is 0.0480. The number of nitrogens with zero attached hydrogens (tertiary/aromatic N) is 1. The number of methoxy groups -OCH3 is 1. The summed E-state index contributed by atoms with van der Waals surface area (Å²) in [6.07, 6.45) is 0. The zero-order chi connectivity index (χ0) is 17.7. The van der Waals surface area contributed by atoms with Crippen molar-refractivity contribution in [3.63, 3.8) is 0 Å². The molecule has 0 aromatic heterocycles. The first-order valence-corrected chi connectivity index (χ1v) is 7.20. The number of carbonyl (C=O) groups excluding carboxylic acids is 1. The van der Waals surface area contributed by atoms with E-state index < -0.39 is 10.9 Å². The lowest BCUT2D eigenvalue weighted by Gasteiger charge is -2.11. The summed E-state index contributed by atoms with van der Waals surface area (Å²) >= 11 is 5.84. The van der Waals surface area contributed by atoms with Gasteiger partial charge in [0.25, 0.3) is 5.69 Å². The summed E-state index contributed by atoms with van der Waals surface area (Å²) in [5.41, 5.74) is 0.552. The molecular weight excluding hydrogens is 338 g/mol. The Hall–Kier alpha value is -2.80. The fourth-order valence-electron chi connectivity index (χ4n) is 1.92. The second-order valence-electron chi connectivity index (χ2n) is 4.76. The van der Waals surface area contributed by atoms with E-state index in [-0.39, 0.29) is 23.8 Å². The number of nitro benzene ring substituents is 1. The van der Waals surface area contributed by atoms with Crippen LogP contribution in [0.1, 0.15) is 5.56 Å². The fraction of sp³-hybridized carbons (Fsp3) is 0.188. The van der Waals surface area contributed by atoms with E-state index in [4.69, 9.17) is 25.8 Å². The van der Waals surface area contributed by atoms with Crippen LogP contribution in [0.3, 0.4) is 0 Å². The maximum atomic E-state index is 11.9. The minimum atomic E-state index is -0.719. The number of nitro groups is 1. The van der Waals surface area contributed by atoms with Crippen LogP contribution in [-0.2, 0) is 4.79 Å². The molecule has 2 aromatic rings. The van der Waals surface area contributed by atoms with Gasteiger partial charge in [-0.1, -0.05) is 11.6 Å². The Morgan fingerprint density at radius 2 is 1.88 bits per heavy atom. The van der Waals surface area contributed by atoms with Crippen molar-refractivity contribution in [2.24, 2.45) is 0 Å². The molecule has 2 rings (SSSR count). The van der Waals surface area contributed by atoms with Gasteiger partial charge >= 0.3 is 5.97 Å². The van der Waals surface area contributed by atoms with E-state index in [2.05, 4.69) is 0 Å². The molecule has 0 aliphatic heterocycles. The molecule has 0 saturated carbocycles. The molecule has 0 unspecified atom stereocenters. The maximum absolute atomic E-state index is 11.9. The largest absolute Gasteiger partial charge is 0.493 e. The van der Waals surface area contributed by atoms with E-state index in [9.17, 15) is 14.9 Å². The predicted molar refractivity (Wildman–Crippen MR) is 87.0 cm³/mol. The zero-order valence-electron chi connectivity index (χ0n) is 12.9. The van der Waals surface area contributed by atoms with E-state index >= 15 is 0 Å². The predicted octanol–water partition coefficient (Wildman–Crippen LogP) is 3.55. The highest BCUT2D eigenvalue weighted by atomic mass is 35.5. The molecule has 2 aromatic carbocycles. The highest BCUT2D eigenvalue weighted by Gasteiger charge is 2.16. The summed E-state index contributed by atoms with van der Waals surface area (Å²) in [4.78, 5) is 22.1. The first kappa shape index (κ1) is 17.6. The molecule has 0 bridgehead atoms. The summed E-state index contributed by atoms with van der Waals surface area (Å²) < 4.78 is 15.5. The van der Waals surface area contributed by atoms with Gasteiger partial charge in [-0.2, -0.15) is 0 Å². The second-order valence-corrected chi connectivity index (χ2v) is 5.20. The van der Waals surface area contributed by atoms with Crippen LogP contribution in [0.5, 0.6) is 17.2 Å². The van der Waals surface area contributed by atoms with E-state index in [1.54, 1.807) is 25.1 Å². The van der Waals surface area contributed by atoms with Gasteiger partial charge in [0.1, 0.15) is 5.75 Å². The topological polar surface area (TPSA) is 87.9 Å². The molecule has 24 heavy (non-hydrogen) atoms. The van der Waals surface area contributed by atoms with Gasteiger partial charge in [-0.25, -0.2) is 4.79 Å². The standard InChI is InChI=1S/C16H14ClNO6/c1-10-7-11(17)3-5-13(10)23-9-16(19)24-15-8-12(18(20)21)4-6-14(15)22-2/h3-8H,9H2,1-2H3. The third kappa shape index (κ3) is 4.36. The number of esters is 1. The van der Waals surface area contributed by atoms with E-state index in [0.29, 0.717) is 10.8 Å². The van der Waals surface area contributed by atoms with Crippen LogP contribution in [0.4, 0.5) is 5.69 Å². The quantitative estimate of drug-likeness (QED) is 0.342. The number of non-ortho nitro benzene ring substituents is 1. The van der Waals surface area contributed by atoms with E-state index in [1.165, 1.54) is 19.2 Å². The van der Waals surface area contributed by atoms with Crippen molar-refractivity contribution >= 4 is 23.3 Å². The van der Waals surface area contributed by atoms with Crippen LogP contribution in [0.2, 0.25) is 5.02 Å². The molecular formula is C16H14ClNO6. The number of hydrogen-bond acceptors (Lipinski definition) is 6. The van der Waals surface area contributed by atoms with Crippen molar-refractivity contribution < 1.29 is 23.9 Å². The van der Waals surface area contributed by atoms with Crippen molar-refractivity contribution in [3.8, 4) is 17.2 Å². The van der Waals surface area contributed by atoms with Crippen molar-refractivity contribution in [1.29, 1.82) is 0 Å². The second kappa shape index (κ2) is 7.65. The molecule has 0 fully saturated rings. The first-order chi connectivity index (χ1) is 11.4. The highest BCUT2D eigenvalue weighted by Crippen LogP contribution is 2.31. The average molecular weight is 352 g/mol. The normalized spacial score (nSPS) is 10.1. The average Bonchev–Trinajstić information content (AvgIpc) is 2.53. The van der Waals surface area contributed by atoms with Gasteiger partial charge in [0.2, 0.25) is 0 Å². The van der Waals surface area contributed by atoms with Gasteiger partial charge in [0, 0.05) is 11.1 Å². The van der Waals surface area contributed by atoms with Gasteiger partial charge < -0.3 is 14.2 Å². The van der Waals surface area contributed by atoms with Gasteiger partial charge in [-0.3, -0.25) is 10.1 Å². The zero-order valence-corrected chi connectivity index (χ0v) is 13.7. The Labute approximate surface area is 142 Å². The lowest BCUT2D eigenvalue weighted by atomic mass is 10.2. The fourth-order valence-corrected chi connectivity index (χ4v) is 2.15. The highest BCUT2D eigenvalue weighted by molar-refractivity contribution is 6.30. The van der Waals surface area contributed by atoms with Crippen molar-refractivity contribution in [1.82, 2.24) is 0 Å². The summed E-state index contributed by atoms with van der Waals surface area (Å²) in [6, 6.07) is 8.70. The molecule has 126 valence electrons. The number of aryl methyl sites for hydroxylation is 1. The molecule has 0 N–H and O–H groups in total. The number of ether oxygens (including phenoxy) is 3. The Morgan fingerprint density at radius 1 is 1.17 bits per heavy atom. The van der Waals surface area contributed by atoms with Gasteiger partial charge in [-0.05, 0) is 36.8 Å². The number of halogens is 1. The molecule has 0 saturated heterocycles. The number of carbonyl (C=O) groups is 1. The van der Waals surface area contributed by atoms with Crippen LogP contribution in [0.25, 0.3) is 0 Å². The molecule has 0 radical (unpaired) electrons. The van der Waals surface area contributed by atoms with Crippen LogP contribution in [0.15, 0.2) is 36.4 Å². The molecule has 0 spiro atoms. The van der Waals surface area contributed by atoms with Gasteiger partial charge in [0.15, 0.2) is 18.1 Å². The third-order valence-electron chi connectivity index (χ3n) is 3.06. The summed E-state index contributed by atoms with van der Waals surface area (Å²) in [7, 11) is 1.37. The monoisotopic (exact) mass is 351 g/mol. The van der Waals surface area contributed by atoms with Crippen molar-refractivity contribution in [2.75, 3.05) is 13.7 Å². The molecule has 0 atom stereocenters. The lowest BCUT2D eigenvalue weighted by molar-refractivity contribution is -0.384. The number of rotatable bonds is 6. The smallest absolute Gasteiger partial charge is 0.349 e. The summed E-state index contributed by atoms with van der Waals surface area (Å²) in [5.74, 6) is -0.0738. The minimum Gasteiger partial charge on any atom is -0.493 e. The van der Waals surface area contributed by atoms with Crippen LogP contribution >= 0.6 is 11.6 Å². The Kier molecular flexibility index (Phi) is 5.59.